The van der Waals surface area contributed by atoms with Gasteiger partial charge < -0.3 is 9.63 Å². The average Bonchev–Trinajstić information content (AvgIpc) is 3.06. The number of hydrogen-bond acceptors (Lipinski definition) is 6. The van der Waals surface area contributed by atoms with Crippen molar-refractivity contribution in [2.24, 2.45) is 0 Å². The van der Waals surface area contributed by atoms with Gasteiger partial charge in [-0.25, -0.2) is 9.07 Å². The minimum atomic E-state index is -1.32. The highest BCUT2D eigenvalue weighted by molar-refractivity contribution is 6.31. The van der Waals surface area contributed by atoms with Crippen LogP contribution in [0.5, 0.6) is 0 Å². The molecule has 0 radical (unpaired) electrons. The van der Waals surface area contributed by atoms with Crippen LogP contribution in [0.4, 0.5) is 4.39 Å². The third kappa shape index (κ3) is 4.09. The molecule has 136 valence electrons. The topological polar surface area (TPSA) is 94.0 Å². The maximum Gasteiger partial charge on any atom is 0.286 e. The zero-order valence-electron chi connectivity index (χ0n) is 13.3. The summed E-state index contributed by atoms with van der Waals surface area (Å²) in [6, 6.07) is 6.37. The fourth-order valence-electron chi connectivity index (χ4n) is 2.24. The summed E-state index contributed by atoms with van der Waals surface area (Å²) in [6.45, 7) is -0.510. The second-order valence-electron chi connectivity index (χ2n) is 5.43. The first kappa shape index (κ1) is 18.5. The fourth-order valence-corrected chi connectivity index (χ4v) is 2.57. The van der Waals surface area contributed by atoms with Crippen molar-refractivity contribution in [1.82, 2.24) is 19.9 Å². The van der Waals surface area contributed by atoms with Crippen LogP contribution >= 0.6 is 23.2 Å². The van der Waals surface area contributed by atoms with Crippen molar-refractivity contribution in [3.63, 3.8) is 0 Å². The lowest BCUT2D eigenvalue weighted by molar-refractivity contribution is 0.280. The summed E-state index contributed by atoms with van der Waals surface area (Å²) in [7, 11) is 0. The molecule has 0 bridgehead atoms. The summed E-state index contributed by atoms with van der Waals surface area (Å²) in [6.07, 6.45) is -0.131. The molecule has 0 saturated carbocycles. The van der Waals surface area contributed by atoms with Crippen LogP contribution in [0, 0.1) is 0 Å². The SMILES string of the molecule is O=c1c(Cl)c(CO)cnn1Cc1nc(C[C@H](F)c2ccc(Cl)cc2)no1. The van der Waals surface area contributed by atoms with Crippen molar-refractivity contribution < 1.29 is 14.0 Å². The van der Waals surface area contributed by atoms with Crippen LogP contribution < -0.4 is 5.56 Å². The van der Waals surface area contributed by atoms with E-state index in [1.54, 1.807) is 24.3 Å². The molecule has 3 rings (SSSR count). The molecule has 0 saturated heterocycles. The zero-order chi connectivity index (χ0) is 18.7. The number of halogens is 3. The minimum Gasteiger partial charge on any atom is -0.392 e. The number of aliphatic hydroxyl groups is 1. The van der Waals surface area contributed by atoms with E-state index in [0.717, 1.165) is 4.68 Å². The van der Waals surface area contributed by atoms with Gasteiger partial charge in [-0.15, -0.1) is 0 Å². The van der Waals surface area contributed by atoms with E-state index < -0.39 is 18.3 Å². The predicted octanol–water partition coefficient (Wildman–Crippen LogP) is 2.73. The van der Waals surface area contributed by atoms with Gasteiger partial charge in [0.05, 0.1) is 12.8 Å². The third-order valence-corrected chi connectivity index (χ3v) is 4.27. The van der Waals surface area contributed by atoms with E-state index in [0.29, 0.717) is 10.6 Å². The summed E-state index contributed by atoms with van der Waals surface area (Å²) >= 11 is 11.6. The van der Waals surface area contributed by atoms with Gasteiger partial charge in [-0.1, -0.05) is 40.5 Å². The van der Waals surface area contributed by atoms with E-state index in [4.69, 9.17) is 32.8 Å². The Bertz CT molecular complexity index is 959. The highest BCUT2D eigenvalue weighted by atomic mass is 35.5. The van der Waals surface area contributed by atoms with E-state index in [2.05, 4.69) is 15.2 Å². The smallest absolute Gasteiger partial charge is 0.286 e. The van der Waals surface area contributed by atoms with Crippen molar-refractivity contribution in [3.05, 3.63) is 73.7 Å². The number of aromatic nitrogens is 4. The van der Waals surface area contributed by atoms with Crippen molar-refractivity contribution in [1.29, 1.82) is 0 Å². The van der Waals surface area contributed by atoms with Crippen LogP contribution in [0.15, 0.2) is 39.8 Å². The molecular formula is C16H13Cl2FN4O3. The Morgan fingerprint density at radius 1 is 1.27 bits per heavy atom. The number of benzene rings is 1. The normalized spacial score (nSPS) is 12.3. The molecule has 3 aromatic rings. The first-order chi connectivity index (χ1) is 12.5. The Morgan fingerprint density at radius 3 is 2.69 bits per heavy atom. The Balaban J connectivity index is 1.71. The van der Waals surface area contributed by atoms with Gasteiger partial charge in [-0.05, 0) is 17.7 Å². The van der Waals surface area contributed by atoms with Crippen molar-refractivity contribution in [2.75, 3.05) is 0 Å². The van der Waals surface area contributed by atoms with Crippen LogP contribution in [0.3, 0.4) is 0 Å². The van der Waals surface area contributed by atoms with Crippen LogP contribution in [0.25, 0.3) is 0 Å². The van der Waals surface area contributed by atoms with Gasteiger partial charge in [-0.3, -0.25) is 4.79 Å². The molecule has 2 aromatic heterocycles. The second-order valence-corrected chi connectivity index (χ2v) is 6.25. The lowest BCUT2D eigenvalue weighted by Crippen LogP contribution is -2.25. The maximum atomic E-state index is 14.3. The maximum absolute atomic E-state index is 14.3. The van der Waals surface area contributed by atoms with Crippen LogP contribution in [0.1, 0.15) is 29.0 Å². The molecule has 10 heteroatoms. The number of alkyl halides is 1. The lowest BCUT2D eigenvalue weighted by Gasteiger charge is -2.05. The van der Waals surface area contributed by atoms with Gasteiger partial charge in [0.1, 0.15) is 17.7 Å². The standard InChI is InChI=1S/C16H13Cl2FN4O3/c17-11-3-1-9(2-4-11)12(19)5-13-21-14(26-22-13)7-23-16(25)15(18)10(8-24)6-20-23/h1-4,6,12,24H,5,7-8H2/t12-/m0/s1. The van der Waals surface area contributed by atoms with Crippen LogP contribution in [0.2, 0.25) is 10.0 Å². The molecule has 1 aromatic carbocycles. The summed E-state index contributed by atoms with van der Waals surface area (Å²) in [4.78, 5) is 16.1. The van der Waals surface area contributed by atoms with Gasteiger partial charge in [-0.2, -0.15) is 10.1 Å². The van der Waals surface area contributed by atoms with E-state index in [9.17, 15) is 9.18 Å². The largest absolute Gasteiger partial charge is 0.392 e. The van der Waals surface area contributed by atoms with Crippen LogP contribution in [-0.4, -0.2) is 25.0 Å². The molecule has 1 N–H and O–H groups in total. The number of aliphatic hydroxyl groups excluding tert-OH is 1. The highest BCUT2D eigenvalue weighted by Crippen LogP contribution is 2.23. The predicted molar refractivity (Wildman–Crippen MR) is 91.8 cm³/mol. The summed E-state index contributed by atoms with van der Waals surface area (Å²) in [5, 5.41) is 17.0. The first-order valence-electron chi connectivity index (χ1n) is 7.54. The quantitative estimate of drug-likeness (QED) is 0.685. The van der Waals surface area contributed by atoms with Gasteiger partial charge in [0.25, 0.3) is 5.56 Å². The molecule has 1 atom stereocenters. The third-order valence-electron chi connectivity index (χ3n) is 3.62. The second kappa shape index (κ2) is 7.94. The van der Waals surface area contributed by atoms with E-state index in [1.165, 1.54) is 6.20 Å². The van der Waals surface area contributed by atoms with Gasteiger partial charge in [0.2, 0.25) is 5.89 Å². The molecule has 0 aliphatic rings. The molecule has 0 unspecified atom stereocenters. The summed E-state index contributed by atoms with van der Waals surface area (Å²) in [5.74, 6) is 0.249. The highest BCUT2D eigenvalue weighted by Gasteiger charge is 2.17. The van der Waals surface area contributed by atoms with Gasteiger partial charge in [0.15, 0.2) is 5.82 Å². The number of hydrogen-bond donors (Lipinski definition) is 1. The van der Waals surface area contributed by atoms with Gasteiger partial charge in [0, 0.05) is 17.0 Å². The number of nitrogens with zero attached hydrogens (tertiary/aromatic N) is 4. The molecule has 0 aliphatic heterocycles. The Hall–Kier alpha value is -2.29. The average molecular weight is 399 g/mol. The Labute approximate surface area is 157 Å². The molecular weight excluding hydrogens is 386 g/mol. The molecule has 0 aliphatic carbocycles. The molecule has 0 spiro atoms. The molecule has 7 nitrogen and oxygen atoms in total. The van der Waals surface area contributed by atoms with Crippen LogP contribution in [-0.2, 0) is 19.6 Å². The molecule has 0 amide bonds. The minimum absolute atomic E-state index is 0.0856. The molecule has 0 fully saturated rings. The Morgan fingerprint density at radius 2 is 2.00 bits per heavy atom. The monoisotopic (exact) mass is 398 g/mol. The lowest BCUT2D eigenvalue weighted by atomic mass is 10.1. The summed E-state index contributed by atoms with van der Waals surface area (Å²) < 4.78 is 20.4. The van der Waals surface area contributed by atoms with Crippen molar-refractivity contribution in [3.8, 4) is 0 Å². The van der Waals surface area contributed by atoms with E-state index in [-0.39, 0.29) is 35.3 Å². The number of rotatable bonds is 6. The Kier molecular flexibility index (Phi) is 5.65. The molecule has 2 heterocycles. The zero-order valence-corrected chi connectivity index (χ0v) is 14.8. The van der Waals surface area contributed by atoms with E-state index in [1.807, 2.05) is 0 Å². The first-order valence-corrected chi connectivity index (χ1v) is 8.30. The summed E-state index contributed by atoms with van der Waals surface area (Å²) in [5.41, 5.74) is 0.0786. The van der Waals surface area contributed by atoms with Gasteiger partial charge >= 0.3 is 0 Å². The van der Waals surface area contributed by atoms with Crippen molar-refractivity contribution in [2.45, 2.75) is 25.7 Å². The van der Waals surface area contributed by atoms with E-state index >= 15 is 0 Å². The van der Waals surface area contributed by atoms with Crippen molar-refractivity contribution >= 4 is 23.2 Å². The fraction of sp³-hybridized carbons (Fsp3) is 0.250. The molecule has 26 heavy (non-hydrogen) atoms.